The maximum Gasteiger partial charge on any atom is 0.416 e. The molecular weight excluding hydrogens is 410 g/mol. The Balaban J connectivity index is 1.64. The molecule has 1 amide bonds. The van der Waals surface area contributed by atoms with Crippen LogP contribution in [0.3, 0.4) is 0 Å². The van der Waals surface area contributed by atoms with Gasteiger partial charge in [0.05, 0.1) is 28.7 Å². The normalized spacial score (nSPS) is 11.6. The number of halogens is 4. The summed E-state index contributed by atoms with van der Waals surface area (Å²) >= 11 is 0. The molecule has 0 atom stereocenters. The lowest BCUT2D eigenvalue weighted by Gasteiger charge is -2.13. The van der Waals surface area contributed by atoms with E-state index in [1.807, 2.05) is 35.9 Å². The topological polar surface area (TPSA) is 46.9 Å². The van der Waals surface area contributed by atoms with Crippen molar-refractivity contribution in [2.75, 3.05) is 0 Å². The fraction of sp³-hybridized carbons (Fsp3) is 0.130. The maximum atomic E-state index is 13.9. The van der Waals surface area contributed by atoms with E-state index in [0.717, 1.165) is 35.3 Å². The number of amides is 1. The highest BCUT2D eigenvalue weighted by molar-refractivity contribution is 6.01. The summed E-state index contributed by atoms with van der Waals surface area (Å²) < 4.78 is 55.0. The van der Waals surface area contributed by atoms with E-state index in [0.29, 0.717) is 5.82 Å². The summed E-state index contributed by atoms with van der Waals surface area (Å²) in [6.07, 6.45) is -4.53. The summed E-state index contributed by atoms with van der Waals surface area (Å²) in [7, 11) is 1.81. The van der Waals surface area contributed by atoms with Crippen LogP contribution in [-0.2, 0) is 19.8 Å². The number of hydrogen-bond donors (Lipinski definition) is 1. The zero-order chi connectivity index (χ0) is 22.2. The molecule has 31 heavy (non-hydrogen) atoms. The largest absolute Gasteiger partial charge is 0.416 e. The molecule has 3 aromatic carbocycles. The van der Waals surface area contributed by atoms with Crippen molar-refractivity contribution >= 4 is 16.9 Å². The Labute approximate surface area is 175 Å². The molecule has 0 bridgehead atoms. The first-order chi connectivity index (χ1) is 14.7. The van der Waals surface area contributed by atoms with Crippen molar-refractivity contribution in [2.24, 2.45) is 7.05 Å². The van der Waals surface area contributed by atoms with Crippen LogP contribution in [-0.4, -0.2) is 15.5 Å². The van der Waals surface area contributed by atoms with E-state index in [9.17, 15) is 22.4 Å². The highest BCUT2D eigenvalue weighted by atomic mass is 19.4. The van der Waals surface area contributed by atoms with E-state index >= 15 is 0 Å². The molecule has 4 rings (SSSR count). The molecule has 0 saturated carbocycles. The van der Waals surface area contributed by atoms with E-state index < -0.39 is 23.5 Å². The van der Waals surface area contributed by atoms with Gasteiger partial charge in [0, 0.05) is 7.05 Å². The smallest absolute Gasteiger partial charge is 0.345 e. The van der Waals surface area contributed by atoms with Crippen molar-refractivity contribution in [3.8, 4) is 11.1 Å². The van der Waals surface area contributed by atoms with Gasteiger partial charge in [-0.15, -0.1) is 0 Å². The van der Waals surface area contributed by atoms with Crippen LogP contribution in [0.4, 0.5) is 17.6 Å². The highest BCUT2D eigenvalue weighted by Crippen LogP contribution is 2.33. The lowest BCUT2D eigenvalue weighted by Crippen LogP contribution is -2.25. The van der Waals surface area contributed by atoms with Crippen LogP contribution in [0.1, 0.15) is 21.7 Å². The quantitative estimate of drug-likeness (QED) is 0.448. The van der Waals surface area contributed by atoms with Gasteiger partial charge in [0.15, 0.2) is 0 Å². The first-order valence-corrected chi connectivity index (χ1v) is 9.40. The number of nitrogens with zero attached hydrogens (tertiary/aromatic N) is 2. The third-order valence-corrected chi connectivity index (χ3v) is 5.01. The van der Waals surface area contributed by atoms with Crippen LogP contribution < -0.4 is 5.32 Å². The Morgan fingerprint density at radius 2 is 1.81 bits per heavy atom. The number of carbonyl (C=O) groups excluding carboxylic acids is 1. The van der Waals surface area contributed by atoms with Gasteiger partial charge in [0.25, 0.3) is 5.91 Å². The predicted molar refractivity (Wildman–Crippen MR) is 109 cm³/mol. The summed E-state index contributed by atoms with van der Waals surface area (Å²) in [5.41, 5.74) is 1.13. The minimum Gasteiger partial charge on any atom is -0.345 e. The molecule has 0 saturated heterocycles. The van der Waals surface area contributed by atoms with Crippen molar-refractivity contribution in [1.29, 1.82) is 0 Å². The number of alkyl halides is 3. The monoisotopic (exact) mass is 427 g/mol. The first kappa shape index (κ1) is 20.6. The van der Waals surface area contributed by atoms with Gasteiger partial charge in [0.2, 0.25) is 0 Å². The second-order valence-corrected chi connectivity index (χ2v) is 7.03. The molecule has 0 unspecified atom stereocenters. The number of para-hydroxylation sites is 2. The number of fused-ring (bicyclic) bond motifs is 1. The standard InChI is InChI=1S/C23H17F4N3O/c1-30-20-8-3-2-7-19(20)29-21(30)13-28-22(31)18-12-16(24)9-10-17(18)14-5-4-6-15(11-14)23(25,26)27/h2-12H,13H2,1H3,(H,28,31). The average molecular weight is 427 g/mol. The third-order valence-electron chi connectivity index (χ3n) is 5.01. The lowest BCUT2D eigenvalue weighted by atomic mass is 9.97. The van der Waals surface area contributed by atoms with E-state index in [4.69, 9.17) is 0 Å². The summed E-state index contributed by atoms with van der Waals surface area (Å²) in [6.45, 7) is 0.0720. The third kappa shape index (κ3) is 4.14. The number of nitrogens with one attached hydrogen (secondary N) is 1. The van der Waals surface area contributed by atoms with Crippen LogP contribution in [0.15, 0.2) is 66.7 Å². The molecule has 1 aromatic heterocycles. The maximum absolute atomic E-state index is 13.9. The zero-order valence-corrected chi connectivity index (χ0v) is 16.4. The summed E-state index contributed by atoms with van der Waals surface area (Å²) in [5, 5.41) is 2.69. The molecule has 0 spiro atoms. The number of rotatable bonds is 4. The Morgan fingerprint density at radius 3 is 2.55 bits per heavy atom. The second kappa shape index (κ2) is 7.86. The summed E-state index contributed by atoms with van der Waals surface area (Å²) in [5.74, 6) is -0.686. The minimum absolute atomic E-state index is 0.0573. The average Bonchev–Trinajstić information content (AvgIpc) is 3.07. The fourth-order valence-corrected chi connectivity index (χ4v) is 3.43. The molecular formula is C23H17F4N3O. The molecule has 0 fully saturated rings. The fourth-order valence-electron chi connectivity index (χ4n) is 3.43. The van der Waals surface area contributed by atoms with E-state index in [1.165, 1.54) is 18.2 Å². The highest BCUT2D eigenvalue weighted by Gasteiger charge is 2.30. The number of imidazole rings is 1. The van der Waals surface area contributed by atoms with Crippen molar-refractivity contribution in [3.63, 3.8) is 0 Å². The van der Waals surface area contributed by atoms with Gasteiger partial charge in [-0.05, 0) is 47.5 Å². The van der Waals surface area contributed by atoms with Gasteiger partial charge >= 0.3 is 6.18 Å². The molecule has 158 valence electrons. The second-order valence-electron chi connectivity index (χ2n) is 7.03. The molecule has 0 aliphatic carbocycles. The van der Waals surface area contributed by atoms with E-state index in [1.54, 1.807) is 0 Å². The predicted octanol–water partition coefficient (Wildman–Crippen LogP) is 5.33. The first-order valence-electron chi connectivity index (χ1n) is 9.40. The molecule has 1 N–H and O–H groups in total. The molecule has 1 heterocycles. The van der Waals surface area contributed by atoms with Crippen molar-refractivity contribution in [1.82, 2.24) is 14.9 Å². The van der Waals surface area contributed by atoms with Gasteiger partial charge in [0.1, 0.15) is 11.6 Å². The van der Waals surface area contributed by atoms with Crippen molar-refractivity contribution in [3.05, 3.63) is 89.5 Å². The number of aromatic nitrogens is 2. The molecule has 0 radical (unpaired) electrons. The van der Waals surface area contributed by atoms with Crippen LogP contribution in [0.5, 0.6) is 0 Å². The van der Waals surface area contributed by atoms with Gasteiger partial charge in [-0.25, -0.2) is 9.37 Å². The SMILES string of the molecule is Cn1c(CNC(=O)c2cc(F)ccc2-c2cccc(C(F)(F)F)c2)nc2ccccc21. The Kier molecular flexibility index (Phi) is 5.22. The molecule has 0 aliphatic rings. The Bertz CT molecular complexity index is 1280. The number of hydrogen-bond acceptors (Lipinski definition) is 2. The van der Waals surface area contributed by atoms with Crippen LogP contribution in [0, 0.1) is 5.82 Å². The van der Waals surface area contributed by atoms with E-state index in [-0.39, 0.29) is 23.2 Å². The number of benzene rings is 3. The number of aryl methyl sites for hydroxylation is 1. The number of carbonyl (C=O) groups is 1. The van der Waals surface area contributed by atoms with Crippen LogP contribution >= 0.6 is 0 Å². The summed E-state index contributed by atoms with van der Waals surface area (Å²) in [4.78, 5) is 17.3. The van der Waals surface area contributed by atoms with Gasteiger partial charge < -0.3 is 9.88 Å². The Hall–Kier alpha value is -3.68. The van der Waals surface area contributed by atoms with E-state index in [2.05, 4.69) is 10.3 Å². The lowest BCUT2D eigenvalue weighted by molar-refractivity contribution is -0.137. The van der Waals surface area contributed by atoms with Crippen molar-refractivity contribution < 1.29 is 22.4 Å². The molecule has 4 nitrogen and oxygen atoms in total. The molecule has 8 heteroatoms. The van der Waals surface area contributed by atoms with Crippen molar-refractivity contribution in [2.45, 2.75) is 12.7 Å². The van der Waals surface area contributed by atoms with Crippen LogP contribution in [0.2, 0.25) is 0 Å². The molecule has 4 aromatic rings. The van der Waals surface area contributed by atoms with Gasteiger partial charge in [-0.1, -0.05) is 30.3 Å². The van der Waals surface area contributed by atoms with Gasteiger partial charge in [-0.3, -0.25) is 4.79 Å². The van der Waals surface area contributed by atoms with Gasteiger partial charge in [-0.2, -0.15) is 13.2 Å². The van der Waals surface area contributed by atoms with Crippen LogP contribution in [0.25, 0.3) is 22.2 Å². The molecule has 0 aliphatic heterocycles. The zero-order valence-electron chi connectivity index (χ0n) is 16.4. The minimum atomic E-state index is -4.53. The Morgan fingerprint density at radius 1 is 1.03 bits per heavy atom. The summed E-state index contributed by atoms with van der Waals surface area (Å²) in [6, 6.07) is 15.5.